The molecule has 248 valence electrons. The highest BCUT2D eigenvalue weighted by atomic mass is 16.4. The smallest absolute Gasteiger partial charge is 0.233 e. The van der Waals surface area contributed by atoms with E-state index in [9.17, 15) is 39.6 Å². The average Bonchev–Trinajstić information content (AvgIpc) is 2.95. The van der Waals surface area contributed by atoms with Crippen molar-refractivity contribution >= 4 is 23.4 Å². The highest BCUT2D eigenvalue weighted by molar-refractivity contribution is 6.09. The number of carbonyl (C=O) groups excluding carboxylic acids is 4. The number of likely N-dealkylation sites (N-methyl/N-ethyl adjacent to an activating group) is 1. The molecule has 5 rings (SSSR count). The van der Waals surface area contributed by atoms with Gasteiger partial charge in [-0.3, -0.25) is 19.2 Å². The fourth-order valence-corrected chi connectivity index (χ4v) is 9.19. The maximum Gasteiger partial charge on any atom is 0.233 e. The van der Waals surface area contributed by atoms with E-state index in [1.165, 1.54) is 6.07 Å². The van der Waals surface area contributed by atoms with Crippen LogP contribution in [0, 0.1) is 34.5 Å². The Labute approximate surface area is 268 Å². The summed E-state index contributed by atoms with van der Waals surface area (Å²) in [5.41, 5.74) is 3.65. The van der Waals surface area contributed by atoms with Crippen molar-refractivity contribution < 1.29 is 39.6 Å². The number of rotatable bonds is 8. The van der Waals surface area contributed by atoms with E-state index in [0.717, 1.165) is 16.7 Å². The van der Waals surface area contributed by atoms with Crippen LogP contribution in [0.3, 0.4) is 0 Å². The van der Waals surface area contributed by atoms with Gasteiger partial charge in [0.1, 0.15) is 17.8 Å². The van der Waals surface area contributed by atoms with Gasteiger partial charge in [0, 0.05) is 18.5 Å². The lowest BCUT2D eigenvalue weighted by Gasteiger charge is -2.66. The number of carbonyl (C=O) groups is 4. The molecular formula is C35H45N3O8. The zero-order valence-corrected chi connectivity index (χ0v) is 27.0. The van der Waals surface area contributed by atoms with Crippen LogP contribution >= 0.6 is 0 Å². The number of aliphatic hydroxyl groups excluding tert-OH is 2. The van der Waals surface area contributed by atoms with Crippen molar-refractivity contribution in [3.63, 3.8) is 0 Å². The zero-order valence-electron chi connectivity index (χ0n) is 27.0. The van der Waals surface area contributed by atoms with Gasteiger partial charge in [-0.1, -0.05) is 58.0 Å². The van der Waals surface area contributed by atoms with Crippen molar-refractivity contribution in [2.75, 3.05) is 13.1 Å². The predicted octanol–water partition coefficient (Wildman–Crippen LogP) is 1.47. The molecule has 2 fully saturated rings. The quantitative estimate of drug-likeness (QED) is 0.210. The molecule has 0 aliphatic heterocycles. The van der Waals surface area contributed by atoms with Crippen molar-refractivity contribution in [1.82, 2.24) is 10.6 Å². The second kappa shape index (κ2) is 11.9. The van der Waals surface area contributed by atoms with E-state index in [1.54, 1.807) is 13.0 Å². The largest absolute Gasteiger partial charge is 0.507 e. The molecular weight excluding hydrogens is 590 g/mol. The Balaban J connectivity index is 1.56. The Morgan fingerprint density at radius 3 is 2.30 bits per heavy atom. The van der Waals surface area contributed by atoms with Crippen molar-refractivity contribution in [2.24, 2.45) is 40.2 Å². The first-order chi connectivity index (χ1) is 21.5. The summed E-state index contributed by atoms with van der Waals surface area (Å²) in [4.78, 5) is 52.4. The molecule has 0 radical (unpaired) electrons. The predicted molar refractivity (Wildman–Crippen MR) is 169 cm³/mol. The van der Waals surface area contributed by atoms with Crippen LogP contribution in [0.15, 0.2) is 36.4 Å². The Morgan fingerprint density at radius 2 is 1.72 bits per heavy atom. The van der Waals surface area contributed by atoms with Gasteiger partial charge in [-0.2, -0.15) is 0 Å². The first-order valence-corrected chi connectivity index (χ1v) is 15.9. The van der Waals surface area contributed by atoms with Crippen LogP contribution in [0.2, 0.25) is 0 Å². The van der Waals surface area contributed by atoms with E-state index in [2.05, 4.69) is 10.6 Å². The lowest BCUT2D eigenvalue weighted by molar-refractivity contribution is -0.265. The molecule has 0 spiro atoms. The highest BCUT2D eigenvalue weighted by Crippen LogP contribution is 2.66. The number of phenolic OH excluding ortho intramolecular Hbond substituents is 1. The fourth-order valence-electron chi connectivity index (χ4n) is 9.19. The Bertz CT molecular complexity index is 1570. The summed E-state index contributed by atoms with van der Waals surface area (Å²) in [6.45, 7) is 10.2. The van der Waals surface area contributed by atoms with Crippen LogP contribution in [-0.2, 0) is 27.3 Å². The topological polar surface area (TPSA) is 199 Å². The van der Waals surface area contributed by atoms with E-state index < -0.39 is 63.9 Å². The van der Waals surface area contributed by atoms with Crippen molar-refractivity contribution in [1.29, 1.82) is 0 Å². The van der Waals surface area contributed by atoms with Crippen molar-refractivity contribution in [3.05, 3.63) is 53.1 Å². The normalized spacial score (nSPS) is 33.6. The number of hydrogen-bond acceptors (Lipinski definition) is 9. The van der Waals surface area contributed by atoms with Gasteiger partial charge in [-0.05, 0) is 65.3 Å². The molecule has 3 aliphatic carbocycles. The third kappa shape index (κ3) is 4.95. The van der Waals surface area contributed by atoms with Gasteiger partial charge in [-0.25, -0.2) is 0 Å². The minimum Gasteiger partial charge on any atom is -0.507 e. The highest BCUT2D eigenvalue weighted by Gasteiger charge is 2.75. The molecule has 2 aromatic carbocycles. The van der Waals surface area contributed by atoms with Gasteiger partial charge in [0.2, 0.25) is 11.8 Å². The van der Waals surface area contributed by atoms with Crippen LogP contribution in [0.1, 0.15) is 62.5 Å². The lowest BCUT2D eigenvalue weighted by atomic mass is 9.39. The molecule has 11 nitrogen and oxygen atoms in total. The minimum atomic E-state index is -2.55. The number of benzene rings is 2. The van der Waals surface area contributed by atoms with Crippen LogP contribution in [0.4, 0.5) is 0 Å². The van der Waals surface area contributed by atoms with Crippen LogP contribution in [0.25, 0.3) is 11.1 Å². The van der Waals surface area contributed by atoms with Crippen molar-refractivity contribution in [3.8, 4) is 16.9 Å². The number of hydrogen-bond donors (Lipinski definition) is 7. The Kier molecular flexibility index (Phi) is 8.70. The third-order valence-corrected chi connectivity index (χ3v) is 10.9. The number of ketones is 2. The molecule has 46 heavy (non-hydrogen) atoms. The molecule has 2 amide bonds. The number of nitrogens with one attached hydrogen (secondary N) is 2. The molecule has 2 aromatic rings. The van der Waals surface area contributed by atoms with Crippen LogP contribution < -0.4 is 16.4 Å². The molecule has 2 unspecified atom stereocenters. The van der Waals surface area contributed by atoms with Crippen LogP contribution in [0.5, 0.6) is 5.75 Å². The summed E-state index contributed by atoms with van der Waals surface area (Å²) in [6, 6.07) is 10.8. The molecule has 2 saturated carbocycles. The minimum absolute atomic E-state index is 0.0223. The standard InChI is InChI=1S/C35H45N3O8/c1-6-38-23(40)15-37-14-18-7-9-19(10-8-18)20-11-12-22(39)24-21(20)13-33(4)16-34(5)26(17(2)3)29(42)25(32(36)45)30(43)35(34,46)31(44)27(33)28(24)41/h7-12,17,25-27,29,31,37,39,42,44,46H,6,13-16H2,1-5H3,(H2,36,45)(H,38,40)/t25-,26+,27-,29?,31?,33-,34-,35+/m1/s1. The molecule has 0 bridgehead atoms. The second-order valence-corrected chi connectivity index (χ2v) is 14.2. The number of phenols is 1. The van der Waals surface area contributed by atoms with E-state index >= 15 is 0 Å². The molecule has 3 aliphatic rings. The first kappa shape index (κ1) is 33.7. The molecule has 8 N–H and O–H groups in total. The van der Waals surface area contributed by atoms with Gasteiger partial charge in [0.15, 0.2) is 17.2 Å². The number of amides is 2. The van der Waals surface area contributed by atoms with Gasteiger partial charge in [0.05, 0.1) is 24.1 Å². The average molecular weight is 636 g/mol. The van der Waals surface area contributed by atoms with E-state index in [1.807, 2.05) is 52.0 Å². The Morgan fingerprint density at radius 1 is 1.07 bits per heavy atom. The van der Waals surface area contributed by atoms with Gasteiger partial charge >= 0.3 is 0 Å². The molecule has 11 heteroatoms. The summed E-state index contributed by atoms with van der Waals surface area (Å²) in [5, 5.41) is 52.4. The lowest BCUT2D eigenvalue weighted by Crippen LogP contribution is -2.79. The maximum absolute atomic E-state index is 14.3. The Hall–Kier alpha value is -3.64. The number of fused-ring (bicyclic) bond motifs is 3. The number of aliphatic hydroxyl groups is 3. The van der Waals surface area contributed by atoms with Gasteiger partial charge in [-0.15, -0.1) is 0 Å². The van der Waals surface area contributed by atoms with Gasteiger partial charge in [0.25, 0.3) is 0 Å². The van der Waals surface area contributed by atoms with E-state index in [-0.39, 0.29) is 42.5 Å². The summed E-state index contributed by atoms with van der Waals surface area (Å²) in [6.07, 6.45) is -3.10. The SMILES string of the molecule is CCNC(=O)CNCc1ccc(-c2ccc(O)c3c2C[C@]2(C)C[C@]4(C)[C@@H](C(C)C)C(O)[C@@H](C(N)=O)C(=O)[C@]4(O)C(O)[C@H]2C3=O)cc1. The maximum atomic E-state index is 14.3. The number of Topliss-reactive ketones (excluding diaryl/α,β-unsaturated/α-hetero) is 2. The fraction of sp³-hybridized carbons (Fsp3) is 0.543. The summed E-state index contributed by atoms with van der Waals surface area (Å²) >= 11 is 0. The monoisotopic (exact) mass is 635 g/mol. The summed E-state index contributed by atoms with van der Waals surface area (Å²) in [5.74, 6) is -7.32. The summed E-state index contributed by atoms with van der Waals surface area (Å²) < 4.78 is 0. The number of aromatic hydroxyl groups is 1. The van der Waals surface area contributed by atoms with E-state index in [0.29, 0.717) is 18.7 Å². The molecule has 8 atom stereocenters. The third-order valence-electron chi connectivity index (χ3n) is 10.9. The molecule has 0 heterocycles. The number of primary amides is 1. The van der Waals surface area contributed by atoms with Crippen molar-refractivity contribution in [2.45, 2.75) is 71.8 Å². The zero-order chi connectivity index (χ0) is 33.9. The van der Waals surface area contributed by atoms with Crippen LogP contribution in [-0.4, -0.2) is 74.7 Å². The molecule has 0 saturated heterocycles. The number of nitrogens with two attached hydrogens (primary N) is 1. The second-order valence-electron chi connectivity index (χ2n) is 14.2. The molecule has 0 aromatic heterocycles. The first-order valence-electron chi connectivity index (χ1n) is 15.9. The van der Waals surface area contributed by atoms with E-state index in [4.69, 9.17) is 5.73 Å². The summed E-state index contributed by atoms with van der Waals surface area (Å²) in [7, 11) is 0. The van der Waals surface area contributed by atoms with Gasteiger partial charge < -0.3 is 36.8 Å².